The molecule has 114 valence electrons. The molecule has 1 heterocycles. The van der Waals surface area contributed by atoms with Gasteiger partial charge in [0, 0.05) is 11.3 Å². The summed E-state index contributed by atoms with van der Waals surface area (Å²) in [4.78, 5) is 0.348. The van der Waals surface area contributed by atoms with E-state index in [1.165, 1.54) is 0 Å². The number of sulfone groups is 1. The van der Waals surface area contributed by atoms with Gasteiger partial charge in [-0.3, -0.25) is 0 Å². The summed E-state index contributed by atoms with van der Waals surface area (Å²) < 4.78 is 28.7. The van der Waals surface area contributed by atoms with Gasteiger partial charge >= 0.3 is 0 Å². The van der Waals surface area contributed by atoms with Crippen LogP contribution in [0, 0.1) is 13.8 Å². The third-order valence-corrected chi connectivity index (χ3v) is 5.25. The van der Waals surface area contributed by atoms with Crippen LogP contribution >= 0.6 is 0 Å². The molecule has 1 aromatic heterocycles. The molecule has 0 saturated carbocycles. The molecule has 0 radical (unpaired) electrons. The van der Waals surface area contributed by atoms with E-state index in [1.54, 1.807) is 31.2 Å². The Labute approximate surface area is 125 Å². The van der Waals surface area contributed by atoms with Crippen LogP contribution in [0.4, 0.5) is 5.69 Å². The maximum atomic E-state index is 11.8. The number of hydrogen-bond acceptors (Lipinski definition) is 5. The van der Waals surface area contributed by atoms with E-state index in [1.807, 2.05) is 20.8 Å². The Hall–Kier alpha value is -1.82. The van der Waals surface area contributed by atoms with E-state index in [4.69, 9.17) is 4.52 Å². The van der Waals surface area contributed by atoms with E-state index < -0.39 is 9.84 Å². The summed E-state index contributed by atoms with van der Waals surface area (Å²) in [6.07, 6.45) is 0. The van der Waals surface area contributed by atoms with Crippen molar-refractivity contribution in [1.82, 2.24) is 5.16 Å². The monoisotopic (exact) mass is 308 g/mol. The fourth-order valence-electron chi connectivity index (χ4n) is 2.36. The van der Waals surface area contributed by atoms with Crippen LogP contribution in [0.25, 0.3) is 0 Å². The van der Waals surface area contributed by atoms with Crippen LogP contribution < -0.4 is 5.32 Å². The average Bonchev–Trinajstić information content (AvgIpc) is 2.78. The lowest BCUT2D eigenvalue weighted by molar-refractivity contribution is 0.392. The van der Waals surface area contributed by atoms with E-state index in [9.17, 15) is 8.42 Å². The highest BCUT2D eigenvalue weighted by molar-refractivity contribution is 7.91. The highest BCUT2D eigenvalue weighted by atomic mass is 32.2. The molecule has 5 nitrogen and oxygen atoms in total. The van der Waals surface area contributed by atoms with Crippen LogP contribution in [0.2, 0.25) is 0 Å². The van der Waals surface area contributed by atoms with Crippen molar-refractivity contribution in [2.24, 2.45) is 0 Å². The molecule has 6 heteroatoms. The van der Waals surface area contributed by atoms with Crippen LogP contribution in [0.3, 0.4) is 0 Å². The molecule has 0 aliphatic heterocycles. The normalized spacial score (nSPS) is 13.1. The minimum absolute atomic E-state index is 0.0323. The fourth-order valence-corrected chi connectivity index (χ4v) is 3.24. The first-order valence-corrected chi connectivity index (χ1v) is 8.52. The zero-order valence-corrected chi connectivity index (χ0v) is 13.5. The second kappa shape index (κ2) is 5.89. The zero-order valence-electron chi connectivity index (χ0n) is 12.7. The summed E-state index contributed by atoms with van der Waals surface area (Å²) in [5.74, 6) is 0.896. The lowest BCUT2D eigenvalue weighted by Crippen LogP contribution is -2.09. The molecule has 1 N–H and O–H groups in total. The molecule has 2 aromatic rings. The molecule has 21 heavy (non-hydrogen) atoms. The van der Waals surface area contributed by atoms with Crippen LogP contribution in [0.15, 0.2) is 33.7 Å². The van der Waals surface area contributed by atoms with Gasteiger partial charge < -0.3 is 9.84 Å². The summed E-state index contributed by atoms with van der Waals surface area (Å²) in [6.45, 7) is 7.44. The Morgan fingerprint density at radius 2 is 1.86 bits per heavy atom. The Morgan fingerprint density at radius 1 is 1.24 bits per heavy atom. The molecule has 0 fully saturated rings. The molecule has 1 aromatic carbocycles. The number of nitrogens with one attached hydrogen (secondary N) is 1. The summed E-state index contributed by atoms with van der Waals surface area (Å²) in [5, 5.41) is 7.27. The maximum absolute atomic E-state index is 11.8. The van der Waals surface area contributed by atoms with Crippen molar-refractivity contribution in [3.8, 4) is 0 Å². The third kappa shape index (κ3) is 3.26. The third-order valence-electron chi connectivity index (χ3n) is 3.50. The minimum atomic E-state index is -3.15. The minimum Gasteiger partial charge on any atom is -0.378 e. The second-order valence-electron chi connectivity index (χ2n) is 5.03. The number of aryl methyl sites for hydroxylation is 2. The standard InChI is InChI=1S/C15H20N2O3S/c1-5-21(18,19)14-8-6-13(7-9-14)16-10(2)15-11(3)17-20-12(15)4/h6-10,16H,5H2,1-4H3. The molecule has 0 aliphatic rings. The van der Waals surface area contributed by atoms with Crippen molar-refractivity contribution in [1.29, 1.82) is 0 Å². The van der Waals surface area contributed by atoms with Crippen molar-refractivity contribution in [3.63, 3.8) is 0 Å². The predicted molar refractivity (Wildman–Crippen MR) is 82.2 cm³/mol. The topological polar surface area (TPSA) is 72.2 Å². The van der Waals surface area contributed by atoms with Crippen molar-refractivity contribution < 1.29 is 12.9 Å². The lowest BCUT2D eigenvalue weighted by atomic mass is 10.1. The molecule has 0 spiro atoms. The Morgan fingerprint density at radius 3 is 2.33 bits per heavy atom. The van der Waals surface area contributed by atoms with E-state index in [2.05, 4.69) is 10.5 Å². The molecule has 2 rings (SSSR count). The summed E-state index contributed by atoms with van der Waals surface area (Å²) in [6, 6.07) is 6.83. The van der Waals surface area contributed by atoms with Gasteiger partial charge in [-0.1, -0.05) is 12.1 Å². The Balaban J connectivity index is 2.18. The summed E-state index contributed by atoms with van der Waals surface area (Å²) >= 11 is 0. The zero-order chi connectivity index (χ0) is 15.6. The van der Waals surface area contributed by atoms with Crippen LogP contribution in [0.1, 0.15) is 36.9 Å². The SMILES string of the molecule is CCS(=O)(=O)c1ccc(NC(C)c2c(C)noc2C)cc1. The van der Waals surface area contributed by atoms with Gasteiger partial charge in [0.1, 0.15) is 5.76 Å². The predicted octanol–water partition coefficient (Wildman–Crippen LogP) is 3.26. The van der Waals surface area contributed by atoms with Gasteiger partial charge in [-0.2, -0.15) is 0 Å². The van der Waals surface area contributed by atoms with Crippen molar-refractivity contribution in [3.05, 3.63) is 41.3 Å². The molecular formula is C15H20N2O3S. The lowest BCUT2D eigenvalue weighted by Gasteiger charge is -2.15. The molecule has 1 unspecified atom stereocenters. The Kier molecular flexibility index (Phi) is 4.37. The first-order chi connectivity index (χ1) is 9.85. The molecule has 0 amide bonds. The molecule has 0 bridgehead atoms. The van der Waals surface area contributed by atoms with E-state index in [-0.39, 0.29) is 11.8 Å². The van der Waals surface area contributed by atoms with Gasteiger partial charge in [-0.05, 0) is 45.0 Å². The van der Waals surface area contributed by atoms with Gasteiger partial charge in [-0.25, -0.2) is 8.42 Å². The number of rotatable bonds is 5. The van der Waals surface area contributed by atoms with Crippen LogP contribution in [0.5, 0.6) is 0 Å². The molecule has 0 saturated heterocycles. The second-order valence-corrected chi connectivity index (χ2v) is 7.31. The van der Waals surface area contributed by atoms with Crippen LogP contribution in [-0.4, -0.2) is 19.3 Å². The first kappa shape index (κ1) is 15.6. The molecule has 0 aliphatic carbocycles. The first-order valence-electron chi connectivity index (χ1n) is 6.87. The van der Waals surface area contributed by atoms with Crippen LogP contribution in [-0.2, 0) is 9.84 Å². The van der Waals surface area contributed by atoms with Crippen molar-refractivity contribution in [2.75, 3.05) is 11.1 Å². The van der Waals surface area contributed by atoms with Gasteiger partial charge in [0.05, 0.1) is 22.4 Å². The highest BCUT2D eigenvalue weighted by Gasteiger charge is 2.16. The maximum Gasteiger partial charge on any atom is 0.178 e. The van der Waals surface area contributed by atoms with E-state index in [0.717, 1.165) is 22.7 Å². The van der Waals surface area contributed by atoms with Crippen molar-refractivity contribution in [2.45, 2.75) is 38.6 Å². The fraction of sp³-hybridized carbons (Fsp3) is 0.400. The summed E-state index contributed by atoms with van der Waals surface area (Å²) in [7, 11) is -3.15. The number of nitrogens with zero attached hydrogens (tertiary/aromatic N) is 1. The van der Waals surface area contributed by atoms with Gasteiger partial charge in [0.15, 0.2) is 9.84 Å². The quantitative estimate of drug-likeness (QED) is 0.918. The number of anilines is 1. The number of aromatic nitrogens is 1. The average molecular weight is 308 g/mol. The van der Waals surface area contributed by atoms with E-state index >= 15 is 0 Å². The van der Waals surface area contributed by atoms with Gasteiger partial charge in [0.25, 0.3) is 0 Å². The Bertz CT molecular complexity index is 698. The number of benzene rings is 1. The van der Waals surface area contributed by atoms with Gasteiger partial charge in [0.2, 0.25) is 0 Å². The summed E-state index contributed by atoms with van der Waals surface area (Å²) in [5.41, 5.74) is 2.75. The highest BCUT2D eigenvalue weighted by Crippen LogP contribution is 2.25. The largest absolute Gasteiger partial charge is 0.378 e. The number of hydrogen-bond donors (Lipinski definition) is 1. The molecular weight excluding hydrogens is 288 g/mol. The smallest absolute Gasteiger partial charge is 0.178 e. The van der Waals surface area contributed by atoms with E-state index in [0.29, 0.717) is 4.90 Å². The van der Waals surface area contributed by atoms with Crippen molar-refractivity contribution >= 4 is 15.5 Å². The van der Waals surface area contributed by atoms with Gasteiger partial charge in [-0.15, -0.1) is 0 Å². The molecule has 1 atom stereocenters.